The van der Waals surface area contributed by atoms with E-state index in [1.165, 1.54) is 17.5 Å². The molecule has 92 valence electrons. The van der Waals surface area contributed by atoms with E-state index in [4.69, 9.17) is 0 Å². The van der Waals surface area contributed by atoms with Gasteiger partial charge in [-0.15, -0.1) is 0 Å². The first kappa shape index (κ1) is 12.1. The summed E-state index contributed by atoms with van der Waals surface area (Å²) < 4.78 is 0. The molecule has 0 saturated carbocycles. The van der Waals surface area contributed by atoms with E-state index in [1.54, 1.807) is 7.05 Å². The van der Waals surface area contributed by atoms with Crippen molar-refractivity contribution in [3.8, 4) is 0 Å². The van der Waals surface area contributed by atoms with Crippen LogP contribution in [0.4, 0.5) is 0 Å². The van der Waals surface area contributed by atoms with Gasteiger partial charge in [-0.25, -0.2) is 0 Å². The number of hydrogen-bond donors (Lipinski definition) is 1. The molecule has 1 saturated heterocycles. The largest absolute Gasteiger partial charge is 0.358 e. The summed E-state index contributed by atoms with van der Waals surface area (Å²) >= 11 is 0. The molecular weight excluding hydrogens is 212 g/mol. The minimum Gasteiger partial charge on any atom is -0.358 e. The second kappa shape index (κ2) is 5.32. The van der Waals surface area contributed by atoms with Crippen LogP contribution in [-0.4, -0.2) is 30.9 Å². The van der Waals surface area contributed by atoms with Crippen molar-refractivity contribution in [2.75, 3.05) is 20.1 Å². The summed E-state index contributed by atoms with van der Waals surface area (Å²) in [7, 11) is 1.69. The Kier molecular flexibility index (Phi) is 3.79. The molecule has 3 heteroatoms. The zero-order valence-electron chi connectivity index (χ0n) is 10.6. The second-order valence-electron chi connectivity index (χ2n) is 4.71. The molecular formula is C14H20N2O. The van der Waals surface area contributed by atoms with Crippen LogP contribution in [0.1, 0.15) is 30.0 Å². The van der Waals surface area contributed by atoms with Gasteiger partial charge < -0.3 is 5.32 Å². The Labute approximate surface area is 103 Å². The van der Waals surface area contributed by atoms with Crippen molar-refractivity contribution in [2.24, 2.45) is 0 Å². The number of benzene rings is 1. The number of rotatable bonds is 3. The van der Waals surface area contributed by atoms with Gasteiger partial charge in [-0.3, -0.25) is 9.69 Å². The van der Waals surface area contributed by atoms with Gasteiger partial charge in [0.2, 0.25) is 5.91 Å². The first-order chi connectivity index (χ1) is 8.20. The van der Waals surface area contributed by atoms with Gasteiger partial charge in [-0.1, -0.05) is 29.8 Å². The number of hydrogen-bond acceptors (Lipinski definition) is 2. The normalized spacial score (nSPS) is 20.5. The summed E-state index contributed by atoms with van der Waals surface area (Å²) in [4.78, 5) is 13.7. The molecule has 0 radical (unpaired) electrons. The van der Waals surface area contributed by atoms with Crippen molar-refractivity contribution in [3.63, 3.8) is 0 Å². The summed E-state index contributed by atoms with van der Waals surface area (Å²) in [6, 6.07) is 9.06. The van der Waals surface area contributed by atoms with Gasteiger partial charge in [0.1, 0.15) is 0 Å². The average Bonchev–Trinajstić information content (AvgIpc) is 2.78. The van der Waals surface area contributed by atoms with Crippen LogP contribution in [0, 0.1) is 6.92 Å². The van der Waals surface area contributed by atoms with Crippen molar-refractivity contribution in [2.45, 2.75) is 25.8 Å². The second-order valence-corrected chi connectivity index (χ2v) is 4.71. The summed E-state index contributed by atoms with van der Waals surface area (Å²) in [6.45, 7) is 3.63. The quantitative estimate of drug-likeness (QED) is 0.863. The molecule has 17 heavy (non-hydrogen) atoms. The van der Waals surface area contributed by atoms with Gasteiger partial charge in [0.25, 0.3) is 0 Å². The summed E-state index contributed by atoms with van der Waals surface area (Å²) in [6.07, 6.45) is 2.33. The number of nitrogens with one attached hydrogen (secondary N) is 1. The highest BCUT2D eigenvalue weighted by atomic mass is 16.1. The zero-order valence-corrected chi connectivity index (χ0v) is 10.6. The third-order valence-electron chi connectivity index (χ3n) is 3.45. The summed E-state index contributed by atoms with van der Waals surface area (Å²) in [5.41, 5.74) is 2.61. The van der Waals surface area contributed by atoms with E-state index in [9.17, 15) is 4.79 Å². The third-order valence-corrected chi connectivity index (χ3v) is 3.45. The van der Waals surface area contributed by atoms with Gasteiger partial charge >= 0.3 is 0 Å². The Morgan fingerprint density at radius 1 is 1.41 bits per heavy atom. The molecule has 1 heterocycles. The van der Waals surface area contributed by atoms with Gasteiger partial charge in [0, 0.05) is 13.1 Å². The first-order valence-electron chi connectivity index (χ1n) is 6.22. The van der Waals surface area contributed by atoms with Gasteiger partial charge in [-0.05, 0) is 31.9 Å². The highest BCUT2D eigenvalue weighted by Gasteiger charge is 2.26. The fraction of sp³-hybridized carbons (Fsp3) is 0.500. The Balaban J connectivity index is 2.08. The average molecular weight is 232 g/mol. The molecule has 1 fully saturated rings. The Morgan fingerprint density at radius 3 is 2.76 bits per heavy atom. The Morgan fingerprint density at radius 2 is 2.12 bits per heavy atom. The lowest BCUT2D eigenvalue weighted by Crippen LogP contribution is -2.35. The van der Waals surface area contributed by atoms with Crippen LogP contribution in [0.5, 0.6) is 0 Å². The Hall–Kier alpha value is -1.35. The minimum atomic E-state index is 0.101. The predicted molar refractivity (Wildman–Crippen MR) is 68.8 cm³/mol. The van der Waals surface area contributed by atoms with Crippen molar-refractivity contribution in [1.29, 1.82) is 0 Å². The number of carbonyl (C=O) groups excluding carboxylic acids is 1. The van der Waals surface area contributed by atoms with Crippen LogP contribution in [-0.2, 0) is 4.79 Å². The molecule has 1 aliphatic rings. The lowest BCUT2D eigenvalue weighted by Gasteiger charge is -2.24. The van der Waals surface area contributed by atoms with Gasteiger partial charge in [0.05, 0.1) is 6.54 Å². The van der Waals surface area contributed by atoms with Gasteiger partial charge in [-0.2, -0.15) is 0 Å². The fourth-order valence-corrected chi connectivity index (χ4v) is 2.44. The highest BCUT2D eigenvalue weighted by Crippen LogP contribution is 2.31. The van der Waals surface area contributed by atoms with Crippen molar-refractivity contribution in [3.05, 3.63) is 35.4 Å². The molecule has 0 aromatic heterocycles. The number of nitrogens with zero attached hydrogens (tertiary/aromatic N) is 1. The van der Waals surface area contributed by atoms with Crippen LogP contribution in [0.25, 0.3) is 0 Å². The molecule has 1 amide bonds. The van der Waals surface area contributed by atoms with Crippen molar-refractivity contribution >= 4 is 5.91 Å². The SMILES string of the molecule is CNC(=O)CN1CCC[C@H]1c1ccc(C)cc1. The molecule has 1 atom stereocenters. The first-order valence-corrected chi connectivity index (χ1v) is 6.22. The predicted octanol–water partition coefficient (Wildman–Crippen LogP) is 1.88. The van der Waals surface area contributed by atoms with Crippen LogP contribution in [0.3, 0.4) is 0 Å². The summed E-state index contributed by atoms with van der Waals surface area (Å²) in [5.74, 6) is 0.101. The lowest BCUT2D eigenvalue weighted by atomic mass is 10.0. The zero-order chi connectivity index (χ0) is 12.3. The van der Waals surface area contributed by atoms with Crippen LogP contribution < -0.4 is 5.32 Å². The van der Waals surface area contributed by atoms with Gasteiger partial charge in [0.15, 0.2) is 0 Å². The van der Waals surface area contributed by atoms with E-state index in [0.717, 1.165) is 13.0 Å². The number of likely N-dealkylation sites (N-methyl/N-ethyl adjacent to an activating group) is 1. The maximum Gasteiger partial charge on any atom is 0.233 e. The van der Waals surface area contributed by atoms with E-state index in [1.807, 2.05) is 0 Å². The number of amides is 1. The smallest absolute Gasteiger partial charge is 0.233 e. The standard InChI is InChI=1S/C14H20N2O/c1-11-5-7-12(8-6-11)13-4-3-9-16(13)10-14(17)15-2/h5-8,13H,3-4,9-10H2,1-2H3,(H,15,17)/t13-/m0/s1. The molecule has 1 aromatic carbocycles. The van der Waals surface area contributed by atoms with E-state index in [2.05, 4.69) is 41.4 Å². The minimum absolute atomic E-state index is 0.101. The van der Waals surface area contributed by atoms with E-state index in [-0.39, 0.29) is 5.91 Å². The van der Waals surface area contributed by atoms with E-state index in [0.29, 0.717) is 12.6 Å². The highest BCUT2D eigenvalue weighted by molar-refractivity contribution is 5.77. The number of aryl methyl sites for hydroxylation is 1. The van der Waals surface area contributed by atoms with Crippen LogP contribution in [0.2, 0.25) is 0 Å². The molecule has 0 unspecified atom stereocenters. The van der Waals surface area contributed by atoms with Crippen LogP contribution >= 0.6 is 0 Å². The molecule has 0 bridgehead atoms. The molecule has 3 nitrogen and oxygen atoms in total. The Bertz CT molecular complexity index is 386. The lowest BCUT2D eigenvalue weighted by molar-refractivity contribution is -0.122. The number of likely N-dealkylation sites (tertiary alicyclic amines) is 1. The monoisotopic (exact) mass is 232 g/mol. The number of carbonyl (C=O) groups is 1. The third kappa shape index (κ3) is 2.86. The molecule has 0 aliphatic carbocycles. The maximum absolute atomic E-state index is 11.4. The molecule has 2 rings (SSSR count). The summed E-state index contributed by atoms with van der Waals surface area (Å²) in [5, 5.41) is 2.69. The molecule has 1 aliphatic heterocycles. The maximum atomic E-state index is 11.4. The fourth-order valence-electron chi connectivity index (χ4n) is 2.44. The topological polar surface area (TPSA) is 32.3 Å². The van der Waals surface area contributed by atoms with Crippen molar-refractivity contribution < 1.29 is 4.79 Å². The van der Waals surface area contributed by atoms with Crippen LogP contribution in [0.15, 0.2) is 24.3 Å². The molecule has 0 spiro atoms. The van der Waals surface area contributed by atoms with E-state index < -0.39 is 0 Å². The van der Waals surface area contributed by atoms with E-state index >= 15 is 0 Å². The molecule has 1 aromatic rings. The van der Waals surface area contributed by atoms with Crippen molar-refractivity contribution in [1.82, 2.24) is 10.2 Å². The molecule has 1 N–H and O–H groups in total.